The molecule has 0 aliphatic rings. The highest BCUT2D eigenvalue weighted by Gasteiger charge is 2.13. The average molecular weight is 294 g/mol. The summed E-state index contributed by atoms with van der Waals surface area (Å²) >= 11 is 3.65. The van der Waals surface area contributed by atoms with Gasteiger partial charge in [0.15, 0.2) is 0 Å². The Morgan fingerprint density at radius 2 is 1.85 bits per heavy atom. The first-order valence-corrected chi connectivity index (χ1v) is 6.12. The highest BCUT2D eigenvalue weighted by atomic mass is 32.1. The molecule has 0 heterocycles. The minimum Gasteiger partial charge on any atom is -0.508 e. The Morgan fingerprint density at radius 3 is 2.45 bits per heavy atom. The summed E-state index contributed by atoms with van der Waals surface area (Å²) in [6, 6.07) is 8.23. The molecule has 5 heteroatoms. The fourth-order valence-corrected chi connectivity index (χ4v) is 2.09. The molecule has 0 saturated heterocycles. The molecule has 0 saturated carbocycles. The fraction of sp³-hybridized carbons (Fsp3) is 0.0667. The molecule has 2 nitrogen and oxygen atoms in total. The van der Waals surface area contributed by atoms with Gasteiger partial charge in [0.25, 0.3) is 0 Å². The number of benzene rings is 2. The maximum Gasteiger partial charge on any atom is 0.133 e. The molecule has 0 aliphatic heterocycles. The Bertz CT molecular complexity index is 656. The molecule has 20 heavy (non-hydrogen) atoms. The SMILES string of the molecule is C=C(O)c1cc(COS)ccc1-c1ccc(F)cc1F. The smallest absolute Gasteiger partial charge is 0.133 e. The van der Waals surface area contributed by atoms with Gasteiger partial charge in [0, 0.05) is 17.2 Å². The largest absolute Gasteiger partial charge is 0.508 e. The van der Waals surface area contributed by atoms with Gasteiger partial charge in [-0.3, -0.25) is 0 Å². The molecule has 0 radical (unpaired) electrons. The lowest BCUT2D eigenvalue weighted by Crippen LogP contribution is -1.95. The van der Waals surface area contributed by atoms with E-state index in [0.717, 1.165) is 17.7 Å². The van der Waals surface area contributed by atoms with Crippen LogP contribution in [0.3, 0.4) is 0 Å². The Kier molecular flexibility index (Phi) is 4.42. The van der Waals surface area contributed by atoms with Crippen LogP contribution in [0.15, 0.2) is 43.0 Å². The monoisotopic (exact) mass is 294 g/mol. The standard InChI is InChI=1S/C15H12F2O2S/c1-9(18)14-6-10(8-19-20)2-4-12(14)13-5-3-11(16)7-15(13)17/h2-7,18,20H,1,8H2. The summed E-state index contributed by atoms with van der Waals surface area (Å²) in [6.07, 6.45) is 0. The molecule has 0 atom stereocenters. The van der Waals surface area contributed by atoms with Gasteiger partial charge >= 0.3 is 0 Å². The molecule has 2 rings (SSSR count). The highest BCUT2D eigenvalue weighted by molar-refractivity contribution is 7.75. The molecule has 1 N–H and O–H groups in total. The Morgan fingerprint density at radius 1 is 1.15 bits per heavy atom. The van der Waals surface area contributed by atoms with E-state index in [1.165, 1.54) is 6.07 Å². The summed E-state index contributed by atoms with van der Waals surface area (Å²) in [6.45, 7) is 3.69. The Hall–Kier alpha value is -1.85. The zero-order valence-electron chi connectivity index (χ0n) is 10.4. The first kappa shape index (κ1) is 14.6. The van der Waals surface area contributed by atoms with E-state index in [4.69, 9.17) is 4.18 Å². The van der Waals surface area contributed by atoms with Gasteiger partial charge in [0.1, 0.15) is 17.4 Å². The topological polar surface area (TPSA) is 29.5 Å². The zero-order chi connectivity index (χ0) is 14.7. The molecular formula is C15H12F2O2S. The van der Waals surface area contributed by atoms with E-state index in [-0.39, 0.29) is 17.9 Å². The molecule has 0 aliphatic carbocycles. The summed E-state index contributed by atoms with van der Waals surface area (Å²) in [5.74, 6) is -1.56. The first-order valence-electron chi connectivity index (χ1n) is 5.76. The normalized spacial score (nSPS) is 10.6. The number of rotatable bonds is 4. The third kappa shape index (κ3) is 3.00. The van der Waals surface area contributed by atoms with Crippen LogP contribution in [-0.2, 0) is 10.8 Å². The van der Waals surface area contributed by atoms with Crippen LogP contribution in [0.1, 0.15) is 11.1 Å². The number of halogens is 2. The van der Waals surface area contributed by atoms with Gasteiger partial charge in [0.2, 0.25) is 0 Å². The number of aliphatic hydroxyl groups excluding tert-OH is 1. The molecule has 2 aromatic rings. The van der Waals surface area contributed by atoms with Gasteiger partial charge in [-0.25, -0.2) is 8.78 Å². The maximum absolute atomic E-state index is 13.8. The van der Waals surface area contributed by atoms with Crippen molar-refractivity contribution in [3.63, 3.8) is 0 Å². The molecular weight excluding hydrogens is 282 g/mol. The van der Waals surface area contributed by atoms with Gasteiger partial charge in [-0.1, -0.05) is 18.7 Å². The van der Waals surface area contributed by atoms with Crippen LogP contribution in [-0.4, -0.2) is 5.11 Å². The van der Waals surface area contributed by atoms with Crippen molar-refractivity contribution in [1.29, 1.82) is 0 Å². The van der Waals surface area contributed by atoms with Crippen LogP contribution >= 0.6 is 12.9 Å². The third-order valence-corrected chi connectivity index (χ3v) is 2.98. The van der Waals surface area contributed by atoms with E-state index >= 15 is 0 Å². The highest BCUT2D eigenvalue weighted by Crippen LogP contribution is 2.31. The number of hydrogen-bond acceptors (Lipinski definition) is 3. The van der Waals surface area contributed by atoms with Gasteiger partial charge in [-0.15, -0.1) is 0 Å². The molecule has 0 spiro atoms. The van der Waals surface area contributed by atoms with Crippen molar-refractivity contribution in [2.24, 2.45) is 0 Å². The first-order chi connectivity index (χ1) is 9.52. The Balaban J connectivity index is 2.58. The minimum absolute atomic E-state index is 0.190. The van der Waals surface area contributed by atoms with Gasteiger partial charge < -0.3 is 9.29 Å². The van der Waals surface area contributed by atoms with Crippen LogP contribution in [0.25, 0.3) is 16.9 Å². The minimum atomic E-state index is -0.703. The van der Waals surface area contributed by atoms with Crippen LogP contribution in [0.4, 0.5) is 8.78 Å². The molecule has 2 aromatic carbocycles. The van der Waals surface area contributed by atoms with Crippen molar-refractivity contribution >= 4 is 18.7 Å². The lowest BCUT2D eigenvalue weighted by molar-refractivity contribution is 0.372. The van der Waals surface area contributed by atoms with E-state index in [0.29, 0.717) is 11.1 Å². The van der Waals surface area contributed by atoms with Crippen molar-refractivity contribution in [2.75, 3.05) is 0 Å². The van der Waals surface area contributed by atoms with Gasteiger partial charge in [-0.05, 0) is 42.2 Å². The van der Waals surface area contributed by atoms with Gasteiger partial charge in [-0.2, -0.15) is 0 Å². The second-order valence-electron chi connectivity index (χ2n) is 4.22. The summed E-state index contributed by atoms with van der Waals surface area (Å²) in [5, 5.41) is 9.65. The lowest BCUT2D eigenvalue weighted by Gasteiger charge is -2.11. The predicted molar refractivity (Wildman–Crippen MR) is 77.2 cm³/mol. The van der Waals surface area contributed by atoms with Crippen LogP contribution in [0, 0.1) is 11.6 Å². The summed E-state index contributed by atoms with van der Waals surface area (Å²) in [4.78, 5) is 0. The number of thiol groups is 1. The van der Waals surface area contributed by atoms with E-state index in [1.807, 2.05) is 0 Å². The van der Waals surface area contributed by atoms with Crippen LogP contribution in [0.5, 0.6) is 0 Å². The third-order valence-electron chi connectivity index (χ3n) is 2.85. The second kappa shape index (κ2) is 6.07. The molecule has 0 aromatic heterocycles. The van der Waals surface area contributed by atoms with Crippen molar-refractivity contribution in [3.8, 4) is 11.1 Å². The number of hydrogen-bond donors (Lipinski definition) is 2. The van der Waals surface area contributed by atoms with Crippen molar-refractivity contribution in [2.45, 2.75) is 6.61 Å². The van der Waals surface area contributed by atoms with E-state index in [1.54, 1.807) is 18.2 Å². The number of aliphatic hydroxyl groups is 1. The maximum atomic E-state index is 13.8. The van der Waals surface area contributed by atoms with E-state index in [2.05, 4.69) is 19.5 Å². The summed E-state index contributed by atoms with van der Waals surface area (Å²) < 4.78 is 31.5. The molecule has 0 fully saturated rings. The van der Waals surface area contributed by atoms with Crippen LogP contribution in [0.2, 0.25) is 0 Å². The molecule has 104 valence electrons. The molecule has 0 unspecified atom stereocenters. The van der Waals surface area contributed by atoms with Crippen molar-refractivity contribution < 1.29 is 18.1 Å². The molecule has 0 bridgehead atoms. The predicted octanol–water partition coefficient (Wildman–Crippen LogP) is 4.52. The molecule has 0 amide bonds. The summed E-state index contributed by atoms with van der Waals surface area (Å²) in [7, 11) is 0. The average Bonchev–Trinajstić information content (AvgIpc) is 2.39. The Labute approximate surface area is 120 Å². The second-order valence-corrected chi connectivity index (χ2v) is 4.48. The van der Waals surface area contributed by atoms with Crippen molar-refractivity contribution in [3.05, 3.63) is 65.7 Å². The fourth-order valence-electron chi connectivity index (χ4n) is 1.94. The van der Waals surface area contributed by atoms with E-state index < -0.39 is 11.6 Å². The lowest BCUT2D eigenvalue weighted by atomic mass is 9.96. The van der Waals surface area contributed by atoms with E-state index in [9.17, 15) is 13.9 Å². The summed E-state index contributed by atoms with van der Waals surface area (Å²) in [5.41, 5.74) is 1.72. The quantitative estimate of drug-likeness (QED) is 0.493. The van der Waals surface area contributed by atoms with Gasteiger partial charge in [0.05, 0.1) is 6.61 Å². The van der Waals surface area contributed by atoms with Crippen LogP contribution < -0.4 is 0 Å². The van der Waals surface area contributed by atoms with Crippen molar-refractivity contribution in [1.82, 2.24) is 0 Å². The zero-order valence-corrected chi connectivity index (χ0v) is 11.3.